The number of anilines is 1. The van der Waals surface area contributed by atoms with Gasteiger partial charge in [-0.15, -0.1) is 0 Å². The van der Waals surface area contributed by atoms with Crippen molar-refractivity contribution in [3.8, 4) is 0 Å². The predicted octanol–water partition coefficient (Wildman–Crippen LogP) is 2.61. The highest BCUT2D eigenvalue weighted by Gasteiger charge is 2.01. The van der Waals surface area contributed by atoms with Crippen molar-refractivity contribution in [1.29, 1.82) is 0 Å². The van der Waals surface area contributed by atoms with Crippen LogP contribution in [0, 0.1) is 13.8 Å². The van der Waals surface area contributed by atoms with Crippen LogP contribution >= 0.6 is 0 Å². The average Bonchev–Trinajstić information content (AvgIpc) is 2.35. The first-order valence-corrected chi connectivity index (χ1v) is 6.03. The normalized spacial score (nSPS) is 10.4. The minimum Gasteiger partial charge on any atom is -0.380 e. The summed E-state index contributed by atoms with van der Waals surface area (Å²) in [7, 11) is 1.76. The van der Waals surface area contributed by atoms with Gasteiger partial charge in [-0.1, -0.05) is 18.2 Å². The lowest BCUT2D eigenvalue weighted by molar-refractivity contribution is 0.859. The topological polar surface area (TPSA) is 34.0 Å². The maximum atomic E-state index is 11.3. The van der Waals surface area contributed by atoms with E-state index in [1.807, 2.05) is 12.3 Å². The average molecular weight is 242 g/mol. The highest BCUT2D eigenvalue weighted by Crippen LogP contribution is 2.14. The van der Waals surface area contributed by atoms with Crippen molar-refractivity contribution in [3.63, 3.8) is 0 Å². The Morgan fingerprint density at radius 3 is 2.67 bits per heavy atom. The molecule has 0 aliphatic rings. The highest BCUT2D eigenvalue weighted by atomic mass is 16.1. The van der Waals surface area contributed by atoms with Crippen molar-refractivity contribution in [1.82, 2.24) is 4.57 Å². The van der Waals surface area contributed by atoms with Crippen LogP contribution in [0.5, 0.6) is 0 Å². The lowest BCUT2D eigenvalue weighted by atomic mass is 10.0. The SMILES string of the molecule is Cc1cccc(CNc2ccc(=O)n(C)c2)c1C. The molecule has 1 aromatic heterocycles. The third-order valence-corrected chi connectivity index (χ3v) is 3.29. The van der Waals surface area contributed by atoms with Gasteiger partial charge in [0.15, 0.2) is 0 Å². The standard InChI is InChI=1S/C15H18N2O/c1-11-5-4-6-13(12(11)2)9-16-14-7-8-15(18)17(3)10-14/h4-8,10,16H,9H2,1-3H3. The summed E-state index contributed by atoms with van der Waals surface area (Å²) in [6.07, 6.45) is 1.81. The minimum absolute atomic E-state index is 0.00675. The van der Waals surface area contributed by atoms with Crippen LogP contribution in [0.3, 0.4) is 0 Å². The molecule has 0 radical (unpaired) electrons. The van der Waals surface area contributed by atoms with Crippen LogP contribution in [-0.2, 0) is 13.6 Å². The Bertz CT molecular complexity index is 614. The molecule has 0 aliphatic heterocycles. The van der Waals surface area contributed by atoms with Crippen LogP contribution in [0.25, 0.3) is 0 Å². The van der Waals surface area contributed by atoms with Gasteiger partial charge in [0.05, 0.1) is 5.69 Å². The molecule has 2 rings (SSSR count). The second-order valence-electron chi connectivity index (χ2n) is 4.58. The summed E-state index contributed by atoms with van der Waals surface area (Å²) >= 11 is 0. The highest BCUT2D eigenvalue weighted by molar-refractivity contribution is 5.43. The maximum Gasteiger partial charge on any atom is 0.250 e. The van der Waals surface area contributed by atoms with E-state index >= 15 is 0 Å². The number of hydrogen-bond acceptors (Lipinski definition) is 2. The quantitative estimate of drug-likeness (QED) is 0.897. The van der Waals surface area contributed by atoms with E-state index in [-0.39, 0.29) is 5.56 Å². The predicted molar refractivity (Wildman–Crippen MR) is 74.9 cm³/mol. The van der Waals surface area contributed by atoms with Crippen molar-refractivity contribution in [2.45, 2.75) is 20.4 Å². The fourth-order valence-corrected chi connectivity index (χ4v) is 1.90. The van der Waals surface area contributed by atoms with Gasteiger partial charge in [-0.3, -0.25) is 4.79 Å². The zero-order valence-electron chi connectivity index (χ0n) is 11.0. The molecule has 1 heterocycles. The van der Waals surface area contributed by atoms with Crippen molar-refractivity contribution >= 4 is 5.69 Å². The first-order chi connectivity index (χ1) is 8.58. The summed E-state index contributed by atoms with van der Waals surface area (Å²) < 4.78 is 1.57. The van der Waals surface area contributed by atoms with Gasteiger partial charge >= 0.3 is 0 Å². The van der Waals surface area contributed by atoms with Gasteiger partial charge in [-0.05, 0) is 36.6 Å². The number of aryl methyl sites for hydroxylation is 2. The second kappa shape index (κ2) is 5.08. The number of nitrogens with one attached hydrogen (secondary N) is 1. The van der Waals surface area contributed by atoms with Gasteiger partial charge in [0.1, 0.15) is 0 Å². The molecule has 0 amide bonds. The number of benzene rings is 1. The van der Waals surface area contributed by atoms with E-state index in [0.717, 1.165) is 12.2 Å². The maximum absolute atomic E-state index is 11.3. The van der Waals surface area contributed by atoms with Crippen LogP contribution in [-0.4, -0.2) is 4.57 Å². The number of aromatic nitrogens is 1. The Hall–Kier alpha value is -2.03. The molecule has 0 saturated heterocycles. The molecule has 0 spiro atoms. The Kier molecular flexibility index (Phi) is 3.51. The van der Waals surface area contributed by atoms with E-state index < -0.39 is 0 Å². The number of pyridine rings is 1. The van der Waals surface area contributed by atoms with E-state index in [0.29, 0.717) is 0 Å². The van der Waals surface area contributed by atoms with Crippen LogP contribution in [0.4, 0.5) is 5.69 Å². The first kappa shape index (κ1) is 12.4. The largest absolute Gasteiger partial charge is 0.380 e. The molecule has 94 valence electrons. The van der Waals surface area contributed by atoms with Gasteiger partial charge < -0.3 is 9.88 Å². The first-order valence-electron chi connectivity index (χ1n) is 6.03. The number of hydrogen-bond donors (Lipinski definition) is 1. The molecule has 1 N–H and O–H groups in total. The summed E-state index contributed by atoms with van der Waals surface area (Å²) in [6, 6.07) is 9.70. The van der Waals surface area contributed by atoms with Gasteiger partial charge in [0, 0.05) is 25.9 Å². The Balaban J connectivity index is 2.14. The van der Waals surface area contributed by atoms with Gasteiger partial charge in [0.25, 0.3) is 0 Å². The van der Waals surface area contributed by atoms with Gasteiger partial charge in [0.2, 0.25) is 5.56 Å². The lowest BCUT2D eigenvalue weighted by Gasteiger charge is -2.11. The second-order valence-corrected chi connectivity index (χ2v) is 4.58. The Labute approximate surface area is 107 Å². The molecular weight excluding hydrogens is 224 g/mol. The van der Waals surface area contributed by atoms with Gasteiger partial charge in [-0.25, -0.2) is 0 Å². The third kappa shape index (κ3) is 2.62. The van der Waals surface area contributed by atoms with Gasteiger partial charge in [-0.2, -0.15) is 0 Å². The van der Waals surface area contributed by atoms with E-state index in [1.54, 1.807) is 17.7 Å². The monoisotopic (exact) mass is 242 g/mol. The molecule has 18 heavy (non-hydrogen) atoms. The zero-order chi connectivity index (χ0) is 13.1. The molecule has 3 nitrogen and oxygen atoms in total. The van der Waals surface area contributed by atoms with Crippen LogP contribution in [0.1, 0.15) is 16.7 Å². The van der Waals surface area contributed by atoms with E-state index in [9.17, 15) is 4.79 Å². The fraction of sp³-hybridized carbons (Fsp3) is 0.267. The molecule has 0 fully saturated rings. The van der Waals surface area contributed by atoms with Crippen molar-refractivity contribution < 1.29 is 0 Å². The van der Waals surface area contributed by atoms with Crippen molar-refractivity contribution in [2.24, 2.45) is 7.05 Å². The van der Waals surface area contributed by atoms with Crippen molar-refractivity contribution in [2.75, 3.05) is 5.32 Å². The lowest BCUT2D eigenvalue weighted by Crippen LogP contribution is -2.15. The molecule has 0 bridgehead atoms. The third-order valence-electron chi connectivity index (χ3n) is 3.29. The van der Waals surface area contributed by atoms with Crippen LogP contribution in [0.15, 0.2) is 41.3 Å². The van der Waals surface area contributed by atoms with E-state index in [2.05, 4.69) is 37.4 Å². The molecule has 0 unspecified atom stereocenters. The van der Waals surface area contributed by atoms with E-state index in [4.69, 9.17) is 0 Å². The fourth-order valence-electron chi connectivity index (χ4n) is 1.90. The molecular formula is C15H18N2O. The smallest absolute Gasteiger partial charge is 0.250 e. The molecule has 0 atom stereocenters. The Morgan fingerprint density at radius 1 is 1.17 bits per heavy atom. The summed E-state index contributed by atoms with van der Waals surface area (Å²) in [5.41, 5.74) is 4.86. The molecule has 1 aromatic carbocycles. The van der Waals surface area contributed by atoms with Crippen LogP contribution < -0.4 is 10.9 Å². The minimum atomic E-state index is 0.00675. The summed E-state index contributed by atoms with van der Waals surface area (Å²) in [4.78, 5) is 11.3. The Morgan fingerprint density at radius 2 is 1.94 bits per heavy atom. The zero-order valence-corrected chi connectivity index (χ0v) is 11.0. The van der Waals surface area contributed by atoms with Crippen molar-refractivity contribution in [3.05, 3.63) is 63.6 Å². The number of rotatable bonds is 3. The molecule has 0 aliphatic carbocycles. The summed E-state index contributed by atoms with van der Waals surface area (Å²) in [6.45, 7) is 5.02. The van der Waals surface area contributed by atoms with Crippen LogP contribution in [0.2, 0.25) is 0 Å². The molecule has 0 saturated carbocycles. The molecule has 3 heteroatoms. The number of nitrogens with zero attached hydrogens (tertiary/aromatic N) is 1. The molecule has 2 aromatic rings. The summed E-state index contributed by atoms with van der Waals surface area (Å²) in [5, 5.41) is 3.34. The summed E-state index contributed by atoms with van der Waals surface area (Å²) in [5.74, 6) is 0. The van der Waals surface area contributed by atoms with E-state index in [1.165, 1.54) is 16.7 Å².